The van der Waals surface area contributed by atoms with Crippen LogP contribution in [0.5, 0.6) is 0 Å². The first kappa shape index (κ1) is 17.2. The maximum Gasteiger partial charge on any atom is 0.517 e. The van der Waals surface area contributed by atoms with Crippen molar-refractivity contribution >= 4 is 0 Å². The number of hydrogen-bond acceptors (Lipinski definition) is 4. The first-order valence-electron chi connectivity index (χ1n) is 3.60. The third-order valence-corrected chi connectivity index (χ3v) is 0.966. The molecule has 0 aromatic carbocycles. The molecule has 0 aliphatic carbocycles. The molecule has 0 heterocycles. The Morgan fingerprint density at radius 1 is 0.833 bits per heavy atom. The van der Waals surface area contributed by atoms with E-state index in [-0.39, 0.29) is 0 Å². The molecule has 0 aliphatic rings. The fourth-order valence-electron chi connectivity index (χ4n) is 0.393. The summed E-state index contributed by atoms with van der Waals surface area (Å²) in [7, 11) is 0. The van der Waals surface area contributed by atoms with Crippen molar-refractivity contribution < 1.29 is 59.1 Å². The zero-order chi connectivity index (χ0) is 14.8. The molecule has 18 heavy (non-hydrogen) atoms. The van der Waals surface area contributed by atoms with Gasteiger partial charge in [0.2, 0.25) is 0 Å². The molecule has 1 N–H and O–H groups in total. The lowest BCUT2D eigenvalue weighted by molar-refractivity contribution is -0.581. The van der Waals surface area contributed by atoms with Crippen LogP contribution in [0.2, 0.25) is 0 Å². The van der Waals surface area contributed by atoms with E-state index < -0.39 is 31.3 Å². The van der Waals surface area contributed by atoms with Gasteiger partial charge >= 0.3 is 24.7 Å². The molecule has 0 saturated heterocycles. The normalized spacial score (nSPS) is 15.0. The molecule has 0 unspecified atom stereocenters. The molecule has 0 saturated carbocycles. The molecule has 0 aliphatic heterocycles. The largest absolute Gasteiger partial charge is 0.517 e. The van der Waals surface area contributed by atoms with Crippen LogP contribution >= 0.6 is 0 Å². The van der Waals surface area contributed by atoms with Gasteiger partial charge in [0.15, 0.2) is 6.61 Å². The van der Waals surface area contributed by atoms with E-state index in [2.05, 4.69) is 9.78 Å². The van der Waals surface area contributed by atoms with E-state index in [0.29, 0.717) is 0 Å². The van der Waals surface area contributed by atoms with Gasteiger partial charge in [-0.3, -0.25) is 0 Å². The molecule has 0 spiro atoms. The molecular weight excluding hydrogens is 295 g/mol. The van der Waals surface area contributed by atoms with Crippen molar-refractivity contribution in [3.05, 3.63) is 0 Å². The second-order valence-electron chi connectivity index (χ2n) is 2.59. The third kappa shape index (κ3) is 6.23. The van der Waals surface area contributed by atoms with E-state index in [1.807, 2.05) is 4.74 Å². The van der Waals surface area contributed by atoms with Crippen LogP contribution in [0.3, 0.4) is 0 Å². The summed E-state index contributed by atoms with van der Waals surface area (Å²) >= 11 is 0. The quantitative estimate of drug-likeness (QED) is 0.353. The Hall–Kier alpha value is -0.790. The Morgan fingerprint density at radius 2 is 1.28 bits per heavy atom. The SMILES string of the molecule is OC(F)(F)COOC(F)(F)OC(F)(F)C(F)(F)F. The molecule has 0 bridgehead atoms. The predicted octanol–water partition coefficient (Wildman–Crippen LogP) is 2.24. The van der Waals surface area contributed by atoms with Crippen molar-refractivity contribution in [2.75, 3.05) is 6.61 Å². The van der Waals surface area contributed by atoms with Crippen molar-refractivity contribution in [1.29, 1.82) is 0 Å². The summed E-state index contributed by atoms with van der Waals surface area (Å²) in [4.78, 5) is 5.31. The molecule has 0 atom stereocenters. The molecular formula is C5H3F9O4. The fraction of sp³-hybridized carbons (Fsp3) is 1.00. The minimum atomic E-state index is -6.49. The molecule has 0 radical (unpaired) electrons. The van der Waals surface area contributed by atoms with Crippen molar-refractivity contribution in [3.8, 4) is 0 Å². The van der Waals surface area contributed by atoms with Gasteiger partial charge in [-0.05, 0) is 0 Å². The molecule has 0 fully saturated rings. The zero-order valence-electron chi connectivity index (χ0n) is 7.78. The van der Waals surface area contributed by atoms with Crippen LogP contribution in [0, 0.1) is 0 Å². The number of ether oxygens (including phenoxy) is 1. The minimum Gasteiger partial charge on any atom is -0.334 e. The summed E-state index contributed by atoms with van der Waals surface area (Å²) in [6.07, 6.45) is -23.1. The molecule has 4 nitrogen and oxygen atoms in total. The predicted molar refractivity (Wildman–Crippen MR) is 31.2 cm³/mol. The first-order chi connectivity index (χ1) is 7.66. The fourth-order valence-corrected chi connectivity index (χ4v) is 0.393. The van der Waals surface area contributed by atoms with Crippen LogP contribution in [-0.2, 0) is 14.5 Å². The Labute approximate surface area is 91.8 Å². The van der Waals surface area contributed by atoms with Gasteiger partial charge in [-0.15, -0.1) is 13.7 Å². The monoisotopic (exact) mass is 298 g/mol. The van der Waals surface area contributed by atoms with Crippen molar-refractivity contribution in [2.24, 2.45) is 0 Å². The average molecular weight is 298 g/mol. The first-order valence-corrected chi connectivity index (χ1v) is 3.60. The van der Waals surface area contributed by atoms with Gasteiger partial charge in [0.25, 0.3) is 0 Å². The van der Waals surface area contributed by atoms with E-state index in [9.17, 15) is 39.5 Å². The topological polar surface area (TPSA) is 47.9 Å². The summed E-state index contributed by atoms with van der Waals surface area (Å²) < 4.78 is 107. The molecule has 0 aromatic heterocycles. The highest BCUT2D eigenvalue weighted by molar-refractivity contribution is 4.64. The smallest absolute Gasteiger partial charge is 0.334 e. The summed E-state index contributed by atoms with van der Waals surface area (Å²) in [5, 5.41) is 7.62. The Kier molecular flexibility index (Phi) is 4.84. The standard InChI is InChI=1S/C5H3F9O4/c6-2(7,15)1-16-18-5(13,14)17-4(11,12)3(8,9)10/h15H,1H2. The average Bonchev–Trinajstić information content (AvgIpc) is 1.95. The van der Waals surface area contributed by atoms with Crippen LogP contribution in [0.1, 0.15) is 0 Å². The summed E-state index contributed by atoms with van der Waals surface area (Å²) in [6.45, 7) is -2.25. The highest BCUT2D eigenvalue weighted by Gasteiger charge is 2.65. The number of alkyl halides is 9. The lowest BCUT2D eigenvalue weighted by Crippen LogP contribution is -2.45. The van der Waals surface area contributed by atoms with Gasteiger partial charge in [-0.25, -0.2) is 9.62 Å². The van der Waals surface area contributed by atoms with Crippen molar-refractivity contribution in [2.45, 2.75) is 24.7 Å². The summed E-state index contributed by atoms with van der Waals surface area (Å²) in [5.74, 6) is 0. The maximum absolute atomic E-state index is 12.1. The van der Waals surface area contributed by atoms with Gasteiger partial charge in [0, 0.05) is 0 Å². The second kappa shape index (κ2) is 5.07. The number of rotatable bonds is 6. The Morgan fingerprint density at radius 3 is 1.61 bits per heavy atom. The minimum absolute atomic E-state index is 1.94. The highest BCUT2D eigenvalue weighted by Crippen LogP contribution is 2.40. The van der Waals surface area contributed by atoms with Crippen LogP contribution in [0.4, 0.5) is 39.5 Å². The van der Waals surface area contributed by atoms with Crippen molar-refractivity contribution in [1.82, 2.24) is 0 Å². The van der Waals surface area contributed by atoms with Gasteiger partial charge in [0.05, 0.1) is 0 Å². The molecule has 0 rings (SSSR count). The molecule has 0 amide bonds. The summed E-state index contributed by atoms with van der Waals surface area (Å²) in [5.41, 5.74) is 0. The van der Waals surface area contributed by atoms with Crippen LogP contribution in [0.15, 0.2) is 0 Å². The van der Waals surface area contributed by atoms with Gasteiger partial charge in [-0.2, -0.15) is 30.7 Å². The number of aliphatic hydroxyl groups is 1. The van der Waals surface area contributed by atoms with Gasteiger partial charge in [0.1, 0.15) is 0 Å². The van der Waals surface area contributed by atoms with Gasteiger partial charge < -0.3 is 5.11 Å². The van der Waals surface area contributed by atoms with E-state index in [0.717, 1.165) is 0 Å². The van der Waals surface area contributed by atoms with E-state index in [4.69, 9.17) is 5.11 Å². The van der Waals surface area contributed by atoms with E-state index >= 15 is 0 Å². The second-order valence-corrected chi connectivity index (χ2v) is 2.59. The van der Waals surface area contributed by atoms with E-state index in [1.54, 1.807) is 0 Å². The molecule has 110 valence electrons. The summed E-state index contributed by atoms with van der Waals surface area (Å²) in [6, 6.07) is 0. The lowest BCUT2D eigenvalue weighted by atomic mass is 10.6. The maximum atomic E-state index is 12.1. The third-order valence-electron chi connectivity index (χ3n) is 0.966. The number of halogens is 9. The Balaban J connectivity index is 4.40. The van der Waals surface area contributed by atoms with Crippen LogP contribution in [0.25, 0.3) is 0 Å². The van der Waals surface area contributed by atoms with Crippen LogP contribution < -0.4 is 0 Å². The number of hydrogen-bond donors (Lipinski definition) is 1. The highest BCUT2D eigenvalue weighted by atomic mass is 19.4. The molecule has 13 heteroatoms. The van der Waals surface area contributed by atoms with E-state index in [1.165, 1.54) is 0 Å². The van der Waals surface area contributed by atoms with Crippen LogP contribution in [-0.4, -0.2) is 36.4 Å². The van der Waals surface area contributed by atoms with Gasteiger partial charge in [-0.1, -0.05) is 0 Å². The molecule has 0 aromatic rings. The zero-order valence-corrected chi connectivity index (χ0v) is 7.78. The Bertz CT molecular complexity index is 269. The van der Waals surface area contributed by atoms with Crippen molar-refractivity contribution in [3.63, 3.8) is 0 Å². The lowest BCUT2D eigenvalue weighted by Gasteiger charge is -2.23.